The fourth-order valence-electron chi connectivity index (χ4n) is 3.94. The summed E-state index contributed by atoms with van der Waals surface area (Å²) in [7, 11) is 0. The molecule has 0 bridgehead atoms. The molecule has 0 saturated heterocycles. The van der Waals surface area contributed by atoms with Gasteiger partial charge in [-0.05, 0) is 46.3 Å². The standard InChI is InChI=1S/C26H29N3O6S3/c1-2-36-15-21(25(32)29(13-18-5-3-9-37-18)14-19-6-4-10-38-19)28-26(33)27-20(12-24(30)31)17-7-8-22-23(11-17)35-16-34-22/h3-11,20-21H,2,12-16H2,1H3,(H,30,31)(H2,27,28,33)/t20-,21-/m0/s1. The fraction of sp³-hybridized carbons (Fsp3) is 0.346. The average molecular weight is 576 g/mol. The van der Waals surface area contributed by atoms with Gasteiger partial charge in [-0.25, -0.2) is 4.79 Å². The van der Waals surface area contributed by atoms with Crippen molar-refractivity contribution in [3.63, 3.8) is 0 Å². The van der Waals surface area contributed by atoms with E-state index in [1.807, 2.05) is 41.9 Å². The van der Waals surface area contributed by atoms with Crippen LogP contribution in [0.2, 0.25) is 0 Å². The molecule has 0 aliphatic carbocycles. The number of carboxylic acids is 1. The molecule has 1 aliphatic rings. The summed E-state index contributed by atoms with van der Waals surface area (Å²) in [5.74, 6) is 0.959. The van der Waals surface area contributed by atoms with Crippen LogP contribution in [0.15, 0.2) is 53.2 Å². The maximum Gasteiger partial charge on any atom is 0.315 e. The van der Waals surface area contributed by atoms with Crippen molar-refractivity contribution in [2.75, 3.05) is 18.3 Å². The maximum absolute atomic E-state index is 13.8. The van der Waals surface area contributed by atoms with E-state index in [1.54, 1.807) is 57.5 Å². The number of carbonyl (C=O) groups excluding carboxylic acids is 2. The number of fused-ring (bicyclic) bond motifs is 1. The number of benzene rings is 1. The van der Waals surface area contributed by atoms with Gasteiger partial charge < -0.3 is 30.1 Å². The first-order chi connectivity index (χ1) is 18.4. The van der Waals surface area contributed by atoms with Crippen LogP contribution in [0.25, 0.3) is 0 Å². The molecule has 12 heteroatoms. The molecule has 2 atom stereocenters. The smallest absolute Gasteiger partial charge is 0.315 e. The first-order valence-electron chi connectivity index (χ1n) is 12.0. The molecular weight excluding hydrogens is 547 g/mol. The molecule has 0 radical (unpaired) electrons. The maximum atomic E-state index is 13.8. The largest absolute Gasteiger partial charge is 0.481 e. The first-order valence-corrected chi connectivity index (χ1v) is 14.9. The van der Waals surface area contributed by atoms with E-state index in [4.69, 9.17) is 9.47 Å². The zero-order chi connectivity index (χ0) is 26.9. The summed E-state index contributed by atoms with van der Waals surface area (Å²) in [4.78, 5) is 42.3. The minimum absolute atomic E-state index is 0.0859. The normalized spacial score (nSPS) is 13.5. The molecule has 38 heavy (non-hydrogen) atoms. The number of nitrogens with one attached hydrogen (secondary N) is 2. The molecule has 1 aliphatic heterocycles. The SMILES string of the molecule is CCSC[C@H](NC(=O)N[C@@H](CC(=O)O)c1ccc2c(c1)OCO2)C(=O)N(Cc1cccs1)Cc1cccs1. The quantitative estimate of drug-likeness (QED) is 0.270. The minimum Gasteiger partial charge on any atom is -0.481 e. The van der Waals surface area contributed by atoms with E-state index in [1.165, 1.54) is 0 Å². The molecule has 3 amide bonds. The van der Waals surface area contributed by atoms with Crippen molar-refractivity contribution in [2.24, 2.45) is 0 Å². The van der Waals surface area contributed by atoms with E-state index in [0.29, 0.717) is 35.9 Å². The van der Waals surface area contributed by atoms with Crippen LogP contribution in [0.4, 0.5) is 4.79 Å². The third-order valence-corrected chi connectivity index (χ3v) is 8.44. The van der Waals surface area contributed by atoms with Crippen molar-refractivity contribution < 1.29 is 29.0 Å². The number of urea groups is 1. The molecule has 0 spiro atoms. The number of thiophene rings is 2. The molecule has 3 N–H and O–H groups in total. The van der Waals surface area contributed by atoms with Gasteiger partial charge in [-0.15, -0.1) is 22.7 Å². The van der Waals surface area contributed by atoms with Gasteiger partial charge in [-0.3, -0.25) is 9.59 Å². The van der Waals surface area contributed by atoms with E-state index in [9.17, 15) is 19.5 Å². The van der Waals surface area contributed by atoms with Crippen LogP contribution in [-0.2, 0) is 22.7 Å². The van der Waals surface area contributed by atoms with Gasteiger partial charge in [0.25, 0.3) is 0 Å². The number of ether oxygens (including phenoxy) is 2. The number of thioether (sulfide) groups is 1. The lowest BCUT2D eigenvalue weighted by molar-refractivity contribution is -0.137. The van der Waals surface area contributed by atoms with Crippen LogP contribution in [-0.4, -0.2) is 52.3 Å². The number of rotatable bonds is 13. The molecule has 0 saturated carbocycles. The first kappa shape index (κ1) is 27.8. The molecule has 9 nitrogen and oxygen atoms in total. The van der Waals surface area contributed by atoms with Gasteiger partial charge in [0.1, 0.15) is 6.04 Å². The molecule has 3 aromatic rings. The zero-order valence-electron chi connectivity index (χ0n) is 20.8. The number of carbonyl (C=O) groups is 3. The van der Waals surface area contributed by atoms with Gasteiger partial charge >= 0.3 is 12.0 Å². The lowest BCUT2D eigenvalue weighted by atomic mass is 10.0. The lowest BCUT2D eigenvalue weighted by Crippen LogP contribution is -2.52. The Morgan fingerprint density at radius 1 is 1.03 bits per heavy atom. The highest BCUT2D eigenvalue weighted by molar-refractivity contribution is 7.99. The summed E-state index contributed by atoms with van der Waals surface area (Å²) in [6.07, 6.45) is -0.335. The summed E-state index contributed by atoms with van der Waals surface area (Å²) in [6, 6.07) is 10.7. The van der Waals surface area contributed by atoms with Crippen molar-refractivity contribution in [3.8, 4) is 11.5 Å². The van der Waals surface area contributed by atoms with Gasteiger partial charge in [0, 0.05) is 15.5 Å². The number of hydrogen-bond donors (Lipinski definition) is 3. The van der Waals surface area contributed by atoms with Gasteiger partial charge in [0.05, 0.1) is 25.6 Å². The molecular formula is C26H29N3O6S3. The van der Waals surface area contributed by atoms with Crippen molar-refractivity contribution in [1.29, 1.82) is 0 Å². The van der Waals surface area contributed by atoms with Crippen LogP contribution in [0.3, 0.4) is 0 Å². The predicted octanol–water partition coefficient (Wildman–Crippen LogP) is 4.70. The Hall–Kier alpha value is -3.22. The number of carboxylic acid groups (broad SMARTS) is 1. The Bertz CT molecular complexity index is 1180. The summed E-state index contributed by atoms with van der Waals surface area (Å²) in [5.41, 5.74) is 0.564. The number of nitrogens with zero attached hydrogens (tertiary/aromatic N) is 1. The zero-order valence-corrected chi connectivity index (χ0v) is 23.2. The van der Waals surface area contributed by atoms with E-state index in [-0.39, 0.29) is 19.1 Å². The molecule has 3 heterocycles. The minimum atomic E-state index is -1.07. The van der Waals surface area contributed by atoms with Crippen LogP contribution in [0, 0.1) is 0 Å². The van der Waals surface area contributed by atoms with E-state index in [2.05, 4.69) is 10.6 Å². The van der Waals surface area contributed by atoms with Crippen molar-refractivity contribution in [2.45, 2.75) is 38.5 Å². The van der Waals surface area contributed by atoms with E-state index in [0.717, 1.165) is 15.5 Å². The third kappa shape index (κ3) is 7.65. The van der Waals surface area contributed by atoms with Crippen molar-refractivity contribution >= 4 is 52.3 Å². The van der Waals surface area contributed by atoms with E-state index >= 15 is 0 Å². The summed E-state index contributed by atoms with van der Waals surface area (Å²) in [5, 5.41) is 19.0. The van der Waals surface area contributed by atoms with Crippen molar-refractivity contribution in [1.82, 2.24) is 15.5 Å². The van der Waals surface area contributed by atoms with Gasteiger partial charge in [0.15, 0.2) is 11.5 Å². The highest BCUT2D eigenvalue weighted by Gasteiger charge is 2.28. The monoisotopic (exact) mass is 575 g/mol. The van der Waals surface area contributed by atoms with Crippen LogP contribution in [0.5, 0.6) is 11.5 Å². The Morgan fingerprint density at radius 3 is 2.32 bits per heavy atom. The second-order valence-corrected chi connectivity index (χ2v) is 11.8. The predicted molar refractivity (Wildman–Crippen MR) is 149 cm³/mol. The molecule has 202 valence electrons. The van der Waals surface area contributed by atoms with Crippen LogP contribution < -0.4 is 20.1 Å². The van der Waals surface area contributed by atoms with Gasteiger partial charge in [-0.2, -0.15) is 11.8 Å². The molecule has 2 aromatic heterocycles. The number of amides is 3. The van der Waals surface area contributed by atoms with Crippen LogP contribution in [0.1, 0.15) is 34.7 Å². The van der Waals surface area contributed by atoms with E-state index < -0.39 is 24.1 Å². The number of hydrogen-bond acceptors (Lipinski definition) is 8. The summed E-state index contributed by atoms with van der Waals surface area (Å²) in [6.45, 7) is 2.94. The Labute approximate surface area is 233 Å². The molecule has 0 unspecified atom stereocenters. The Kier molecular flexibility index (Phi) is 9.91. The highest BCUT2D eigenvalue weighted by atomic mass is 32.2. The average Bonchev–Trinajstić information content (AvgIpc) is 3.68. The lowest BCUT2D eigenvalue weighted by Gasteiger charge is -2.28. The summed E-state index contributed by atoms with van der Waals surface area (Å²) < 4.78 is 10.7. The van der Waals surface area contributed by atoms with Gasteiger partial charge in [0.2, 0.25) is 12.7 Å². The fourth-order valence-corrected chi connectivity index (χ4v) is 6.07. The van der Waals surface area contributed by atoms with Crippen LogP contribution >= 0.6 is 34.4 Å². The van der Waals surface area contributed by atoms with Crippen molar-refractivity contribution in [3.05, 3.63) is 68.5 Å². The summed E-state index contributed by atoms with van der Waals surface area (Å²) >= 11 is 4.70. The molecule has 4 rings (SSSR count). The highest BCUT2D eigenvalue weighted by Crippen LogP contribution is 2.34. The second kappa shape index (κ2) is 13.5. The second-order valence-electron chi connectivity index (χ2n) is 8.45. The molecule has 1 aromatic carbocycles. The third-order valence-electron chi connectivity index (χ3n) is 5.74. The van der Waals surface area contributed by atoms with Gasteiger partial charge in [-0.1, -0.05) is 25.1 Å². The Morgan fingerprint density at radius 2 is 1.71 bits per heavy atom. The topological polar surface area (TPSA) is 117 Å². The molecule has 0 fully saturated rings. The Balaban J connectivity index is 1.49. The number of aliphatic carboxylic acids is 1.